The molecule has 10 heteroatoms. The molecule has 1 unspecified atom stereocenters. The van der Waals surface area contributed by atoms with Crippen molar-refractivity contribution in [3.8, 4) is 11.1 Å². The Morgan fingerprint density at radius 1 is 1.13 bits per heavy atom. The Labute approximate surface area is 181 Å². The van der Waals surface area contributed by atoms with Gasteiger partial charge in [-0.25, -0.2) is 9.35 Å². The van der Waals surface area contributed by atoms with E-state index in [0.29, 0.717) is 11.9 Å². The minimum atomic E-state index is -4.56. The van der Waals surface area contributed by atoms with Crippen molar-refractivity contribution in [1.82, 2.24) is 4.98 Å². The van der Waals surface area contributed by atoms with Crippen molar-refractivity contribution in [2.24, 2.45) is 5.14 Å². The molecule has 0 aliphatic rings. The van der Waals surface area contributed by atoms with Gasteiger partial charge in [0.25, 0.3) is 0 Å². The Morgan fingerprint density at radius 3 is 2.53 bits per heavy atom. The van der Waals surface area contributed by atoms with E-state index in [1.807, 2.05) is 12.1 Å². The number of hydrogen-bond donors (Lipinski definition) is 2. The first-order valence-corrected chi connectivity index (χ1v) is 10.5. The van der Waals surface area contributed by atoms with Crippen LogP contribution < -0.4 is 10.5 Å². The zero-order valence-corrected chi connectivity index (χ0v) is 17.6. The van der Waals surface area contributed by atoms with Crippen LogP contribution in [0.4, 0.5) is 18.9 Å². The standard InChI is InChI=1S/C20H15BrF3N3O2S/c21-17-4-2-1-3-12(17)8-19(28)27-15-5-6-16(18(9-15)30(25)29)13-7-14(11-26-10-13)20(22,23)24/h1-7,9-11H,8,25H2,(H,27,28). The topological polar surface area (TPSA) is 85.1 Å². The van der Waals surface area contributed by atoms with Crippen LogP contribution in [0.3, 0.4) is 0 Å². The molecule has 3 rings (SSSR count). The van der Waals surface area contributed by atoms with Crippen LogP contribution in [0.1, 0.15) is 11.1 Å². The molecule has 156 valence electrons. The number of nitrogens with one attached hydrogen (secondary N) is 1. The molecule has 0 spiro atoms. The van der Waals surface area contributed by atoms with Gasteiger partial charge in [-0.1, -0.05) is 40.2 Å². The zero-order chi connectivity index (χ0) is 21.9. The van der Waals surface area contributed by atoms with E-state index in [-0.39, 0.29) is 28.4 Å². The van der Waals surface area contributed by atoms with Gasteiger partial charge in [0.15, 0.2) is 0 Å². The normalized spacial score (nSPS) is 12.4. The molecule has 0 aliphatic heterocycles. The Kier molecular flexibility index (Phi) is 6.69. The first-order chi connectivity index (χ1) is 14.1. The molecule has 30 heavy (non-hydrogen) atoms. The summed E-state index contributed by atoms with van der Waals surface area (Å²) in [5.41, 5.74) is 0.524. The number of amides is 1. The Morgan fingerprint density at radius 2 is 1.87 bits per heavy atom. The highest BCUT2D eigenvalue weighted by Gasteiger charge is 2.31. The molecule has 1 heterocycles. The number of pyridine rings is 1. The molecule has 0 radical (unpaired) electrons. The highest BCUT2D eigenvalue weighted by Crippen LogP contribution is 2.33. The van der Waals surface area contributed by atoms with Gasteiger partial charge < -0.3 is 5.32 Å². The molecule has 0 bridgehead atoms. The quantitative estimate of drug-likeness (QED) is 0.535. The second kappa shape index (κ2) is 9.07. The summed E-state index contributed by atoms with van der Waals surface area (Å²) in [7, 11) is -2.00. The van der Waals surface area contributed by atoms with E-state index in [4.69, 9.17) is 5.14 Å². The molecule has 3 N–H and O–H groups in total. The molecule has 0 saturated heterocycles. The van der Waals surface area contributed by atoms with Crippen molar-refractivity contribution in [2.45, 2.75) is 17.5 Å². The van der Waals surface area contributed by atoms with Gasteiger partial charge in [-0.2, -0.15) is 13.2 Å². The van der Waals surface area contributed by atoms with Crippen molar-refractivity contribution in [2.75, 3.05) is 5.32 Å². The maximum absolute atomic E-state index is 13.0. The second-order valence-corrected chi connectivity index (χ2v) is 8.17. The molecule has 1 amide bonds. The number of aromatic nitrogens is 1. The first kappa shape index (κ1) is 22.1. The van der Waals surface area contributed by atoms with Gasteiger partial charge in [-0.3, -0.25) is 9.78 Å². The van der Waals surface area contributed by atoms with Crippen LogP contribution in [0.2, 0.25) is 0 Å². The fourth-order valence-corrected chi connectivity index (χ4v) is 3.84. The third kappa shape index (κ3) is 5.32. The zero-order valence-electron chi connectivity index (χ0n) is 15.2. The smallest absolute Gasteiger partial charge is 0.326 e. The van der Waals surface area contributed by atoms with Gasteiger partial charge in [-0.15, -0.1) is 0 Å². The van der Waals surface area contributed by atoms with E-state index in [9.17, 15) is 22.2 Å². The SMILES string of the molecule is NS(=O)c1cc(NC(=O)Cc2ccccc2Br)ccc1-c1cncc(C(F)(F)F)c1. The summed E-state index contributed by atoms with van der Waals surface area (Å²) in [6.45, 7) is 0. The molecular weight excluding hydrogens is 483 g/mol. The van der Waals surface area contributed by atoms with Gasteiger partial charge in [0, 0.05) is 33.7 Å². The molecule has 2 aromatic carbocycles. The van der Waals surface area contributed by atoms with E-state index >= 15 is 0 Å². The van der Waals surface area contributed by atoms with Crippen LogP contribution in [0.5, 0.6) is 0 Å². The van der Waals surface area contributed by atoms with Crippen molar-refractivity contribution in [1.29, 1.82) is 0 Å². The number of rotatable bonds is 5. The average molecular weight is 498 g/mol. The summed E-state index contributed by atoms with van der Waals surface area (Å²) >= 11 is 3.37. The van der Waals surface area contributed by atoms with Crippen LogP contribution in [0.25, 0.3) is 11.1 Å². The molecule has 1 atom stereocenters. The Bertz CT molecular complexity index is 1120. The average Bonchev–Trinajstić information content (AvgIpc) is 2.69. The van der Waals surface area contributed by atoms with Crippen LogP contribution in [0, 0.1) is 0 Å². The van der Waals surface area contributed by atoms with Gasteiger partial charge in [0.05, 0.1) is 16.9 Å². The largest absolute Gasteiger partial charge is 0.417 e. The number of carbonyl (C=O) groups excluding carboxylic acids is 1. The minimum absolute atomic E-state index is 0.0785. The first-order valence-electron chi connectivity index (χ1n) is 8.51. The Balaban J connectivity index is 1.88. The Hall–Kier alpha value is -2.56. The lowest BCUT2D eigenvalue weighted by atomic mass is 10.0. The molecule has 3 aromatic rings. The number of alkyl halides is 3. The van der Waals surface area contributed by atoms with Gasteiger partial charge in [-0.05, 0) is 29.8 Å². The maximum Gasteiger partial charge on any atom is 0.417 e. The number of anilines is 1. The lowest BCUT2D eigenvalue weighted by Gasteiger charge is -2.13. The highest BCUT2D eigenvalue weighted by atomic mass is 79.9. The van der Waals surface area contributed by atoms with Gasteiger partial charge in [0.2, 0.25) is 5.91 Å². The van der Waals surface area contributed by atoms with Crippen LogP contribution in [-0.4, -0.2) is 15.1 Å². The highest BCUT2D eigenvalue weighted by molar-refractivity contribution is 9.10. The number of halogens is 4. The number of nitrogens with two attached hydrogens (primary N) is 1. The summed E-state index contributed by atoms with van der Waals surface area (Å²) in [6.07, 6.45) is -2.53. The summed E-state index contributed by atoms with van der Waals surface area (Å²) < 4.78 is 51.8. The summed E-state index contributed by atoms with van der Waals surface area (Å²) in [5, 5.41) is 8.21. The van der Waals surface area contributed by atoms with Crippen molar-refractivity contribution in [3.63, 3.8) is 0 Å². The van der Waals surface area contributed by atoms with E-state index in [1.54, 1.807) is 12.1 Å². The summed E-state index contributed by atoms with van der Waals surface area (Å²) in [6, 6.07) is 12.5. The maximum atomic E-state index is 13.0. The van der Waals surface area contributed by atoms with Crippen LogP contribution in [-0.2, 0) is 28.4 Å². The molecule has 1 aromatic heterocycles. The lowest BCUT2D eigenvalue weighted by Crippen LogP contribution is -2.15. The van der Waals surface area contributed by atoms with Crippen molar-refractivity contribution < 1.29 is 22.2 Å². The number of carbonyl (C=O) groups is 1. The monoisotopic (exact) mass is 497 g/mol. The van der Waals surface area contributed by atoms with Crippen LogP contribution >= 0.6 is 15.9 Å². The lowest BCUT2D eigenvalue weighted by molar-refractivity contribution is -0.137. The van der Waals surface area contributed by atoms with E-state index in [1.165, 1.54) is 24.4 Å². The number of hydrogen-bond acceptors (Lipinski definition) is 3. The molecule has 0 fully saturated rings. The summed E-state index contributed by atoms with van der Waals surface area (Å²) in [4.78, 5) is 16.0. The van der Waals surface area contributed by atoms with E-state index in [0.717, 1.165) is 16.1 Å². The fourth-order valence-electron chi connectivity index (χ4n) is 2.77. The van der Waals surface area contributed by atoms with Gasteiger partial charge in [0.1, 0.15) is 11.0 Å². The second-order valence-electron chi connectivity index (χ2n) is 6.28. The third-order valence-electron chi connectivity index (χ3n) is 4.17. The fraction of sp³-hybridized carbons (Fsp3) is 0.100. The number of nitrogens with zero attached hydrogens (tertiary/aromatic N) is 1. The predicted octanol–water partition coefficient (Wildman–Crippen LogP) is 4.69. The van der Waals surface area contributed by atoms with Gasteiger partial charge >= 0.3 is 6.18 Å². The molecule has 0 saturated carbocycles. The van der Waals surface area contributed by atoms with Crippen molar-refractivity contribution >= 4 is 38.5 Å². The minimum Gasteiger partial charge on any atom is -0.326 e. The predicted molar refractivity (Wildman–Crippen MR) is 112 cm³/mol. The van der Waals surface area contributed by atoms with E-state index in [2.05, 4.69) is 26.2 Å². The third-order valence-corrected chi connectivity index (χ3v) is 5.71. The van der Waals surface area contributed by atoms with E-state index < -0.39 is 22.7 Å². The summed E-state index contributed by atoms with van der Waals surface area (Å²) in [5.74, 6) is -0.316. The van der Waals surface area contributed by atoms with Crippen LogP contribution in [0.15, 0.2) is 70.3 Å². The van der Waals surface area contributed by atoms with Crippen molar-refractivity contribution in [3.05, 3.63) is 76.5 Å². The molecule has 5 nitrogen and oxygen atoms in total. The molecule has 0 aliphatic carbocycles. The molecular formula is C20H15BrF3N3O2S. The number of benzene rings is 2.